The van der Waals surface area contributed by atoms with E-state index in [2.05, 4.69) is 27.8 Å². The summed E-state index contributed by atoms with van der Waals surface area (Å²) in [6.07, 6.45) is 2.53. The molecule has 106 valence electrons. The van der Waals surface area contributed by atoms with Crippen molar-refractivity contribution in [3.8, 4) is 0 Å². The summed E-state index contributed by atoms with van der Waals surface area (Å²) >= 11 is 3.25. The van der Waals surface area contributed by atoms with Crippen molar-refractivity contribution in [3.05, 3.63) is 69.6 Å². The van der Waals surface area contributed by atoms with Crippen LogP contribution in [0.15, 0.2) is 47.1 Å². The van der Waals surface area contributed by atoms with Gasteiger partial charge in [0.25, 0.3) is 0 Å². The molecule has 0 amide bonds. The summed E-state index contributed by atoms with van der Waals surface area (Å²) < 4.78 is 14.4. The zero-order valence-corrected chi connectivity index (χ0v) is 13.0. The van der Waals surface area contributed by atoms with Gasteiger partial charge in [-0.3, -0.25) is 4.79 Å². The van der Waals surface area contributed by atoms with E-state index >= 15 is 0 Å². The van der Waals surface area contributed by atoms with E-state index in [4.69, 9.17) is 0 Å². The van der Waals surface area contributed by atoms with Crippen LogP contribution in [0.3, 0.4) is 0 Å². The van der Waals surface area contributed by atoms with Crippen LogP contribution in [0.2, 0.25) is 0 Å². The van der Waals surface area contributed by atoms with E-state index in [9.17, 15) is 9.18 Å². The maximum absolute atomic E-state index is 14.0. The summed E-state index contributed by atoms with van der Waals surface area (Å²) in [4.78, 5) is 15.8. The first-order chi connectivity index (χ1) is 10.1. The van der Waals surface area contributed by atoms with Gasteiger partial charge in [-0.1, -0.05) is 31.2 Å². The molecule has 1 aromatic heterocycles. The summed E-state index contributed by atoms with van der Waals surface area (Å²) in [6.45, 7) is 2.06. The summed E-state index contributed by atoms with van der Waals surface area (Å²) in [7, 11) is 0. The standard InChI is InChI=1S/C17H13BrFNO/c1-2-10-5-3-6-11-12(9-20-16(10)11)17(21)15-13(18)7-4-8-14(15)19/h3-9,20H,2H2,1H3. The van der Waals surface area contributed by atoms with E-state index in [0.29, 0.717) is 10.0 Å². The first-order valence-corrected chi connectivity index (χ1v) is 7.50. The summed E-state index contributed by atoms with van der Waals surface area (Å²) in [5.74, 6) is -0.838. The Morgan fingerprint density at radius 2 is 2.00 bits per heavy atom. The highest BCUT2D eigenvalue weighted by Gasteiger charge is 2.20. The Morgan fingerprint density at radius 1 is 1.24 bits per heavy atom. The van der Waals surface area contributed by atoms with Crippen LogP contribution in [0.4, 0.5) is 4.39 Å². The monoisotopic (exact) mass is 345 g/mol. The van der Waals surface area contributed by atoms with Crippen molar-refractivity contribution in [2.24, 2.45) is 0 Å². The highest BCUT2D eigenvalue weighted by molar-refractivity contribution is 9.10. The molecule has 21 heavy (non-hydrogen) atoms. The molecule has 2 nitrogen and oxygen atoms in total. The number of ketones is 1. The molecule has 3 aromatic rings. The molecule has 0 aliphatic rings. The van der Waals surface area contributed by atoms with E-state index < -0.39 is 5.82 Å². The molecular weight excluding hydrogens is 333 g/mol. The quantitative estimate of drug-likeness (QED) is 0.675. The summed E-state index contributed by atoms with van der Waals surface area (Å²) in [5, 5.41) is 0.828. The number of benzene rings is 2. The smallest absolute Gasteiger partial charge is 0.199 e. The number of aromatic nitrogens is 1. The number of fused-ring (bicyclic) bond motifs is 1. The minimum Gasteiger partial charge on any atom is -0.360 e. The molecule has 0 saturated carbocycles. The first-order valence-electron chi connectivity index (χ1n) is 6.71. The van der Waals surface area contributed by atoms with Crippen LogP contribution in [-0.4, -0.2) is 10.8 Å². The zero-order chi connectivity index (χ0) is 15.0. The minimum atomic E-state index is -0.518. The number of carbonyl (C=O) groups is 1. The van der Waals surface area contributed by atoms with Gasteiger partial charge in [0.15, 0.2) is 5.78 Å². The van der Waals surface area contributed by atoms with Crippen molar-refractivity contribution in [2.75, 3.05) is 0 Å². The fraction of sp³-hybridized carbons (Fsp3) is 0.118. The van der Waals surface area contributed by atoms with Crippen molar-refractivity contribution in [2.45, 2.75) is 13.3 Å². The maximum Gasteiger partial charge on any atom is 0.199 e. The van der Waals surface area contributed by atoms with Gasteiger partial charge in [0.1, 0.15) is 5.82 Å². The van der Waals surface area contributed by atoms with Crippen LogP contribution in [0.25, 0.3) is 10.9 Å². The number of hydrogen-bond acceptors (Lipinski definition) is 1. The predicted octanol–water partition coefficient (Wildman–Crippen LogP) is 4.86. The lowest BCUT2D eigenvalue weighted by atomic mass is 10.0. The van der Waals surface area contributed by atoms with Gasteiger partial charge in [-0.2, -0.15) is 0 Å². The molecule has 2 aromatic carbocycles. The number of para-hydroxylation sites is 1. The van der Waals surface area contributed by atoms with Crippen LogP contribution >= 0.6 is 15.9 Å². The fourth-order valence-electron chi connectivity index (χ4n) is 2.55. The van der Waals surface area contributed by atoms with Crippen molar-refractivity contribution in [1.82, 2.24) is 4.98 Å². The Hall–Kier alpha value is -1.94. The normalized spacial score (nSPS) is 11.0. The number of hydrogen-bond donors (Lipinski definition) is 1. The van der Waals surface area contributed by atoms with Crippen LogP contribution in [0.1, 0.15) is 28.4 Å². The second-order valence-electron chi connectivity index (χ2n) is 4.82. The second-order valence-corrected chi connectivity index (χ2v) is 5.68. The maximum atomic E-state index is 14.0. The third-order valence-corrected chi connectivity index (χ3v) is 4.28. The predicted molar refractivity (Wildman–Crippen MR) is 85.2 cm³/mol. The molecule has 0 aliphatic carbocycles. The average molecular weight is 346 g/mol. The van der Waals surface area contributed by atoms with Gasteiger partial charge in [0, 0.05) is 27.1 Å². The first kappa shape index (κ1) is 14.0. The molecule has 0 atom stereocenters. The van der Waals surface area contributed by atoms with Crippen LogP contribution < -0.4 is 0 Å². The number of rotatable bonds is 3. The number of carbonyl (C=O) groups excluding carboxylic acids is 1. The topological polar surface area (TPSA) is 32.9 Å². The van der Waals surface area contributed by atoms with Crippen molar-refractivity contribution in [1.29, 1.82) is 0 Å². The highest BCUT2D eigenvalue weighted by Crippen LogP contribution is 2.28. The highest BCUT2D eigenvalue weighted by atomic mass is 79.9. The van der Waals surface area contributed by atoms with Crippen molar-refractivity contribution >= 4 is 32.6 Å². The lowest BCUT2D eigenvalue weighted by molar-refractivity contribution is 0.103. The third-order valence-electron chi connectivity index (χ3n) is 3.62. The van der Waals surface area contributed by atoms with Gasteiger partial charge in [0.05, 0.1) is 5.56 Å². The molecule has 0 radical (unpaired) electrons. The van der Waals surface area contributed by atoms with Crippen LogP contribution in [0.5, 0.6) is 0 Å². The minimum absolute atomic E-state index is 0.0697. The van der Waals surface area contributed by atoms with Crippen molar-refractivity contribution in [3.63, 3.8) is 0 Å². The molecule has 1 N–H and O–H groups in total. The number of halogens is 2. The Morgan fingerprint density at radius 3 is 2.71 bits per heavy atom. The van der Waals surface area contributed by atoms with Crippen LogP contribution in [-0.2, 0) is 6.42 Å². The molecule has 0 fully saturated rings. The number of nitrogens with one attached hydrogen (secondary N) is 1. The molecule has 0 unspecified atom stereocenters. The Balaban J connectivity index is 2.19. The molecule has 0 bridgehead atoms. The van der Waals surface area contributed by atoms with Gasteiger partial charge in [-0.25, -0.2) is 4.39 Å². The number of aromatic amines is 1. The lowest BCUT2D eigenvalue weighted by Gasteiger charge is -2.05. The molecule has 0 saturated heterocycles. The Labute approximate surface area is 130 Å². The number of H-pyrrole nitrogens is 1. The largest absolute Gasteiger partial charge is 0.360 e. The average Bonchev–Trinajstić information content (AvgIpc) is 2.90. The Bertz CT molecular complexity index is 818. The van der Waals surface area contributed by atoms with E-state index in [0.717, 1.165) is 22.9 Å². The second kappa shape index (κ2) is 5.45. The van der Waals surface area contributed by atoms with E-state index in [-0.39, 0.29) is 11.3 Å². The van der Waals surface area contributed by atoms with Gasteiger partial charge in [-0.15, -0.1) is 0 Å². The van der Waals surface area contributed by atoms with Gasteiger partial charge >= 0.3 is 0 Å². The zero-order valence-electron chi connectivity index (χ0n) is 11.4. The van der Waals surface area contributed by atoms with E-state index in [1.807, 2.05) is 18.2 Å². The van der Waals surface area contributed by atoms with Crippen molar-refractivity contribution < 1.29 is 9.18 Å². The summed E-state index contributed by atoms with van der Waals surface area (Å²) in [5.41, 5.74) is 2.64. The summed E-state index contributed by atoms with van der Waals surface area (Å²) in [6, 6.07) is 10.4. The molecular formula is C17H13BrFNO. The van der Waals surface area contributed by atoms with Gasteiger partial charge in [-0.05, 0) is 40.0 Å². The fourth-order valence-corrected chi connectivity index (χ4v) is 3.07. The van der Waals surface area contributed by atoms with Gasteiger partial charge < -0.3 is 4.98 Å². The third kappa shape index (κ3) is 2.29. The van der Waals surface area contributed by atoms with Crippen LogP contribution in [0, 0.1) is 5.82 Å². The van der Waals surface area contributed by atoms with E-state index in [1.54, 1.807) is 18.3 Å². The molecule has 3 rings (SSSR count). The molecule has 0 spiro atoms. The SMILES string of the molecule is CCc1cccc2c(C(=O)c3c(F)cccc3Br)c[nH]c12. The molecule has 1 heterocycles. The Kier molecular flexibility index (Phi) is 3.64. The van der Waals surface area contributed by atoms with E-state index in [1.165, 1.54) is 6.07 Å². The molecule has 4 heteroatoms. The lowest BCUT2D eigenvalue weighted by Crippen LogP contribution is -2.04. The number of aryl methyl sites for hydroxylation is 1. The molecule has 0 aliphatic heterocycles. The van der Waals surface area contributed by atoms with Gasteiger partial charge in [0.2, 0.25) is 0 Å².